The van der Waals surface area contributed by atoms with Crippen molar-refractivity contribution in [3.63, 3.8) is 0 Å². The van der Waals surface area contributed by atoms with E-state index in [0.29, 0.717) is 17.4 Å². The van der Waals surface area contributed by atoms with E-state index in [1.54, 1.807) is 31.9 Å². The number of hydrogen-bond donors (Lipinski definition) is 1. The van der Waals surface area contributed by atoms with E-state index < -0.39 is 0 Å². The fourth-order valence-electron chi connectivity index (χ4n) is 4.43. The van der Waals surface area contributed by atoms with Gasteiger partial charge in [0.05, 0.1) is 19.9 Å². The van der Waals surface area contributed by atoms with Gasteiger partial charge in [0, 0.05) is 21.6 Å². The molecule has 2 aliphatic heterocycles. The second-order valence-corrected chi connectivity index (χ2v) is 8.49. The molecule has 0 radical (unpaired) electrons. The fraction of sp³-hybridized carbons (Fsp3) is 0.167. The lowest BCUT2D eigenvalue weighted by Gasteiger charge is -2.38. The molecule has 4 heterocycles. The number of benzene rings is 2. The van der Waals surface area contributed by atoms with Gasteiger partial charge in [0.25, 0.3) is 0 Å². The summed E-state index contributed by atoms with van der Waals surface area (Å²) >= 11 is 1.69. The molecule has 32 heavy (non-hydrogen) atoms. The molecule has 2 aliphatic rings. The van der Waals surface area contributed by atoms with Gasteiger partial charge in [-0.25, -0.2) is 4.68 Å². The molecule has 2 atom stereocenters. The number of hydrogen-bond acceptors (Lipinski definition) is 7. The maximum absolute atomic E-state index is 6.63. The Balaban J connectivity index is 1.60. The van der Waals surface area contributed by atoms with Crippen LogP contribution in [0.3, 0.4) is 0 Å². The van der Waals surface area contributed by atoms with E-state index in [-0.39, 0.29) is 12.1 Å². The summed E-state index contributed by atoms with van der Waals surface area (Å²) < 4.78 is 19.6. The second-order valence-electron chi connectivity index (χ2n) is 7.51. The van der Waals surface area contributed by atoms with Gasteiger partial charge in [-0.3, -0.25) is 0 Å². The van der Waals surface area contributed by atoms with Crippen LogP contribution in [0, 0.1) is 0 Å². The number of rotatable bonds is 4. The molecule has 7 nitrogen and oxygen atoms in total. The van der Waals surface area contributed by atoms with Crippen LogP contribution in [0.15, 0.2) is 71.9 Å². The number of anilines is 1. The quantitative estimate of drug-likeness (QED) is 0.482. The molecule has 8 heteroatoms. The highest BCUT2D eigenvalue weighted by molar-refractivity contribution is 7.10. The first-order chi connectivity index (χ1) is 15.8. The Morgan fingerprint density at radius 1 is 1.03 bits per heavy atom. The summed E-state index contributed by atoms with van der Waals surface area (Å²) in [5, 5.41) is 10.1. The Morgan fingerprint density at radius 3 is 2.72 bits per heavy atom. The van der Waals surface area contributed by atoms with Gasteiger partial charge in [-0.15, -0.1) is 11.3 Å². The molecular weight excluding hydrogens is 424 g/mol. The van der Waals surface area contributed by atoms with Crippen LogP contribution in [-0.2, 0) is 0 Å². The fourth-order valence-corrected chi connectivity index (χ4v) is 5.26. The summed E-state index contributed by atoms with van der Waals surface area (Å²) in [7, 11) is 3.28. The summed E-state index contributed by atoms with van der Waals surface area (Å²) in [4.78, 5) is 5.63. The van der Waals surface area contributed by atoms with Gasteiger partial charge in [-0.05, 0) is 35.7 Å². The van der Waals surface area contributed by atoms with Gasteiger partial charge >= 0.3 is 0 Å². The van der Waals surface area contributed by atoms with Crippen molar-refractivity contribution in [2.45, 2.75) is 12.1 Å². The summed E-state index contributed by atoms with van der Waals surface area (Å²) in [6.07, 6.45) is 1.23. The predicted molar refractivity (Wildman–Crippen MR) is 122 cm³/mol. The maximum Gasteiger partial charge on any atom is 0.226 e. The molecule has 0 aliphatic carbocycles. The zero-order valence-electron chi connectivity index (χ0n) is 17.5. The largest absolute Gasteiger partial charge is 0.493 e. The van der Waals surface area contributed by atoms with Gasteiger partial charge in [0.15, 0.2) is 11.5 Å². The topological polar surface area (TPSA) is 70.4 Å². The number of thiophene rings is 1. The van der Waals surface area contributed by atoms with E-state index in [1.165, 1.54) is 4.88 Å². The molecule has 0 amide bonds. The van der Waals surface area contributed by atoms with Crippen molar-refractivity contribution < 1.29 is 14.2 Å². The number of aromatic nitrogens is 3. The normalized spacial score (nSPS) is 18.7. The molecule has 4 aromatic rings. The standard InChI is InChI=1S/C24H20N4O3S/c1-29-17-10-9-14(12-18(17)30-2)23-20-21(15-6-3-4-7-16(15)31-23)27-24-25-13-26-28(24)22(20)19-8-5-11-32-19/h3-13,22-23H,1-2H3,(H,25,26,27)/t22-,23-/m0/s1. The number of nitrogens with zero attached hydrogens (tertiary/aromatic N) is 3. The lowest BCUT2D eigenvalue weighted by molar-refractivity contribution is 0.222. The van der Waals surface area contributed by atoms with Crippen LogP contribution in [0.1, 0.15) is 28.1 Å². The first-order valence-corrected chi connectivity index (χ1v) is 11.1. The number of methoxy groups -OCH3 is 2. The van der Waals surface area contributed by atoms with Crippen LogP contribution in [0.2, 0.25) is 0 Å². The Labute approximate surface area is 188 Å². The van der Waals surface area contributed by atoms with Crippen LogP contribution in [0.25, 0.3) is 5.70 Å². The zero-order valence-corrected chi connectivity index (χ0v) is 18.3. The van der Waals surface area contributed by atoms with Crippen molar-refractivity contribution in [2.75, 3.05) is 19.5 Å². The van der Waals surface area contributed by atoms with E-state index in [9.17, 15) is 0 Å². The van der Waals surface area contributed by atoms with E-state index in [0.717, 1.165) is 28.1 Å². The molecule has 0 fully saturated rings. The van der Waals surface area contributed by atoms with E-state index in [4.69, 9.17) is 14.2 Å². The van der Waals surface area contributed by atoms with E-state index in [1.807, 2.05) is 41.1 Å². The molecule has 0 saturated carbocycles. The summed E-state index contributed by atoms with van der Waals surface area (Å²) in [5.74, 6) is 2.87. The maximum atomic E-state index is 6.63. The van der Waals surface area contributed by atoms with Crippen molar-refractivity contribution in [1.82, 2.24) is 14.8 Å². The summed E-state index contributed by atoms with van der Waals surface area (Å²) in [6.45, 7) is 0. The summed E-state index contributed by atoms with van der Waals surface area (Å²) in [6, 6.07) is 18.0. The first-order valence-electron chi connectivity index (χ1n) is 10.2. The second kappa shape index (κ2) is 7.42. The number of ether oxygens (including phenoxy) is 3. The molecule has 1 N–H and O–H groups in total. The molecular formula is C24H20N4O3S. The Hall–Kier alpha value is -3.78. The van der Waals surface area contributed by atoms with Gasteiger partial charge in [0.1, 0.15) is 24.2 Å². The van der Waals surface area contributed by atoms with Crippen LogP contribution >= 0.6 is 11.3 Å². The minimum absolute atomic E-state index is 0.143. The molecule has 2 aromatic heterocycles. The predicted octanol–water partition coefficient (Wildman–Crippen LogP) is 4.92. The molecule has 0 bridgehead atoms. The van der Waals surface area contributed by atoms with Crippen molar-refractivity contribution >= 4 is 23.0 Å². The monoisotopic (exact) mass is 444 g/mol. The van der Waals surface area contributed by atoms with Crippen LogP contribution in [-0.4, -0.2) is 29.0 Å². The SMILES string of the molecule is COc1ccc([C@@H]2Oc3ccccc3C3=C2[C@H](c2cccs2)n2ncnc2N3)cc1OC. The zero-order chi connectivity index (χ0) is 21.7. The van der Waals surface area contributed by atoms with E-state index in [2.05, 4.69) is 39.0 Å². The van der Waals surface area contributed by atoms with Crippen molar-refractivity contribution in [1.29, 1.82) is 0 Å². The minimum Gasteiger partial charge on any atom is -0.493 e. The van der Waals surface area contributed by atoms with Gasteiger partial charge in [0.2, 0.25) is 5.95 Å². The number of para-hydroxylation sites is 1. The third-order valence-electron chi connectivity index (χ3n) is 5.84. The average Bonchev–Trinajstić information content (AvgIpc) is 3.54. The number of nitrogens with one attached hydrogen (secondary N) is 1. The lowest BCUT2D eigenvalue weighted by atomic mass is 9.87. The third kappa shape index (κ3) is 2.80. The molecule has 0 unspecified atom stereocenters. The lowest BCUT2D eigenvalue weighted by Crippen LogP contribution is -2.32. The van der Waals surface area contributed by atoms with Crippen molar-refractivity contribution in [2.24, 2.45) is 0 Å². The summed E-state index contributed by atoms with van der Waals surface area (Å²) in [5.41, 5.74) is 4.06. The van der Waals surface area contributed by atoms with Gasteiger partial charge in [-0.2, -0.15) is 10.1 Å². The van der Waals surface area contributed by atoms with Crippen LogP contribution < -0.4 is 19.5 Å². The highest BCUT2D eigenvalue weighted by atomic mass is 32.1. The molecule has 160 valence electrons. The Kier molecular flexibility index (Phi) is 4.39. The Morgan fingerprint density at radius 2 is 1.91 bits per heavy atom. The smallest absolute Gasteiger partial charge is 0.226 e. The average molecular weight is 445 g/mol. The molecule has 2 aromatic carbocycles. The minimum atomic E-state index is -0.350. The molecule has 0 spiro atoms. The molecule has 6 rings (SSSR count). The first kappa shape index (κ1) is 18.9. The van der Waals surface area contributed by atoms with Crippen LogP contribution in [0.5, 0.6) is 17.2 Å². The molecule has 0 saturated heterocycles. The highest BCUT2D eigenvalue weighted by Crippen LogP contribution is 2.51. The van der Waals surface area contributed by atoms with Crippen LogP contribution in [0.4, 0.5) is 5.95 Å². The van der Waals surface area contributed by atoms with Gasteiger partial charge < -0.3 is 19.5 Å². The highest BCUT2D eigenvalue weighted by Gasteiger charge is 2.41. The third-order valence-corrected chi connectivity index (χ3v) is 6.77. The van der Waals surface area contributed by atoms with Gasteiger partial charge in [-0.1, -0.05) is 24.3 Å². The number of fused-ring (bicyclic) bond motifs is 3. The van der Waals surface area contributed by atoms with Crippen molar-refractivity contribution in [3.05, 3.63) is 87.9 Å². The van der Waals surface area contributed by atoms with E-state index >= 15 is 0 Å². The van der Waals surface area contributed by atoms with Crippen molar-refractivity contribution in [3.8, 4) is 17.2 Å². The Bertz CT molecular complexity index is 1330.